The largest absolute Gasteiger partial charge is 0.336 e. The van der Waals surface area contributed by atoms with Crippen molar-refractivity contribution >= 4 is 29.1 Å². The van der Waals surface area contributed by atoms with Crippen molar-refractivity contribution in [2.24, 2.45) is 0 Å². The van der Waals surface area contributed by atoms with E-state index in [4.69, 9.17) is 0 Å². The van der Waals surface area contributed by atoms with Crippen LogP contribution in [0.3, 0.4) is 0 Å². The van der Waals surface area contributed by atoms with E-state index in [0.29, 0.717) is 22.5 Å². The molecule has 0 fully saturated rings. The van der Waals surface area contributed by atoms with Crippen LogP contribution in [0.1, 0.15) is 41.5 Å². The normalized spacial score (nSPS) is 10.2. The van der Waals surface area contributed by atoms with Crippen LogP contribution in [0.15, 0.2) is 48.5 Å². The molecule has 0 heterocycles. The highest BCUT2D eigenvalue weighted by Crippen LogP contribution is 2.18. The summed E-state index contributed by atoms with van der Waals surface area (Å²) in [6.45, 7) is 5.16. The van der Waals surface area contributed by atoms with Crippen LogP contribution in [0, 0.1) is 0 Å². The molecule has 0 spiro atoms. The van der Waals surface area contributed by atoms with E-state index >= 15 is 0 Å². The van der Waals surface area contributed by atoms with Crippen molar-refractivity contribution < 1.29 is 14.4 Å². The lowest BCUT2D eigenvalue weighted by atomic mass is 10.1. The number of rotatable bonds is 5. The fourth-order valence-corrected chi connectivity index (χ4v) is 2.23. The van der Waals surface area contributed by atoms with Crippen LogP contribution in [0.4, 0.5) is 16.2 Å². The number of carbonyl (C=O) groups excluding carboxylic acids is 3. The molecule has 0 atom stereocenters. The minimum absolute atomic E-state index is 0.0182. The number of para-hydroxylation sites is 1. The van der Waals surface area contributed by atoms with Crippen molar-refractivity contribution in [3.05, 3.63) is 59.7 Å². The van der Waals surface area contributed by atoms with E-state index in [0.717, 1.165) is 0 Å². The number of Topliss-reactive ketones (excluding diaryl/α,β-unsaturated/α-hetero) is 1. The third kappa shape index (κ3) is 5.17. The maximum absolute atomic E-state index is 12.6. The second-order valence-electron chi connectivity index (χ2n) is 5.89. The van der Waals surface area contributed by atoms with Gasteiger partial charge in [-0.25, -0.2) is 4.79 Å². The highest BCUT2D eigenvalue weighted by Gasteiger charge is 2.14. The summed E-state index contributed by atoms with van der Waals surface area (Å²) >= 11 is 0. The first-order chi connectivity index (χ1) is 11.9. The van der Waals surface area contributed by atoms with Crippen LogP contribution >= 0.6 is 0 Å². The highest BCUT2D eigenvalue weighted by atomic mass is 16.2. The molecule has 130 valence electrons. The van der Waals surface area contributed by atoms with Gasteiger partial charge in [0, 0.05) is 17.3 Å². The Kier molecular flexibility index (Phi) is 5.89. The number of nitrogens with one attached hydrogen (secondary N) is 3. The van der Waals surface area contributed by atoms with Crippen molar-refractivity contribution in [1.29, 1.82) is 0 Å². The molecule has 3 N–H and O–H groups in total. The average molecular weight is 339 g/mol. The molecule has 0 bridgehead atoms. The molecule has 2 aromatic carbocycles. The smallest absolute Gasteiger partial charge is 0.319 e. The molecule has 2 aromatic rings. The Morgan fingerprint density at radius 2 is 1.64 bits per heavy atom. The molecule has 0 aliphatic heterocycles. The number of anilines is 2. The van der Waals surface area contributed by atoms with Gasteiger partial charge in [-0.15, -0.1) is 0 Å². The third-order valence-electron chi connectivity index (χ3n) is 3.37. The van der Waals surface area contributed by atoms with Crippen LogP contribution in [0.5, 0.6) is 0 Å². The SMILES string of the molecule is CC(=O)c1cccc(NC(=O)c2ccccc2NC(=O)NC(C)C)c1. The lowest BCUT2D eigenvalue weighted by molar-refractivity contribution is 0.101. The Bertz CT molecular complexity index is 800. The summed E-state index contributed by atoms with van der Waals surface area (Å²) in [5.41, 5.74) is 1.76. The quantitative estimate of drug-likeness (QED) is 0.726. The fourth-order valence-electron chi connectivity index (χ4n) is 2.23. The van der Waals surface area contributed by atoms with Gasteiger partial charge in [-0.05, 0) is 45.0 Å². The van der Waals surface area contributed by atoms with E-state index in [-0.39, 0.29) is 23.8 Å². The summed E-state index contributed by atoms with van der Waals surface area (Å²) in [5, 5.41) is 8.13. The molecule has 25 heavy (non-hydrogen) atoms. The molecule has 0 unspecified atom stereocenters. The van der Waals surface area contributed by atoms with E-state index in [1.807, 2.05) is 13.8 Å². The fraction of sp³-hybridized carbons (Fsp3) is 0.211. The Morgan fingerprint density at radius 3 is 2.32 bits per heavy atom. The minimum atomic E-state index is -0.381. The van der Waals surface area contributed by atoms with Crippen LogP contribution in [-0.4, -0.2) is 23.8 Å². The number of urea groups is 1. The number of benzene rings is 2. The van der Waals surface area contributed by atoms with Gasteiger partial charge in [0.2, 0.25) is 0 Å². The van der Waals surface area contributed by atoms with Gasteiger partial charge in [-0.2, -0.15) is 0 Å². The number of carbonyl (C=O) groups is 3. The third-order valence-corrected chi connectivity index (χ3v) is 3.37. The van der Waals surface area contributed by atoms with Crippen LogP contribution in [-0.2, 0) is 0 Å². The van der Waals surface area contributed by atoms with Crippen molar-refractivity contribution in [3.63, 3.8) is 0 Å². The predicted octanol–water partition coefficient (Wildman–Crippen LogP) is 3.67. The topological polar surface area (TPSA) is 87.3 Å². The summed E-state index contributed by atoms with van der Waals surface area (Å²) in [6, 6.07) is 13.0. The van der Waals surface area contributed by atoms with E-state index in [9.17, 15) is 14.4 Å². The Morgan fingerprint density at radius 1 is 0.920 bits per heavy atom. The van der Waals surface area contributed by atoms with Gasteiger partial charge in [0.1, 0.15) is 0 Å². The molecule has 0 aliphatic carbocycles. The number of amides is 3. The van der Waals surface area contributed by atoms with Crippen LogP contribution in [0.25, 0.3) is 0 Å². The molecule has 6 nitrogen and oxygen atoms in total. The second-order valence-corrected chi connectivity index (χ2v) is 5.89. The summed E-state index contributed by atoms with van der Waals surface area (Å²) in [5.74, 6) is -0.454. The minimum Gasteiger partial charge on any atom is -0.336 e. The molecule has 0 saturated heterocycles. The van der Waals surface area contributed by atoms with Gasteiger partial charge in [0.05, 0.1) is 11.3 Å². The number of hydrogen-bond donors (Lipinski definition) is 3. The van der Waals surface area contributed by atoms with E-state index in [1.54, 1.807) is 48.5 Å². The lowest BCUT2D eigenvalue weighted by Crippen LogP contribution is -2.34. The standard InChI is InChI=1S/C19H21N3O3/c1-12(2)20-19(25)22-17-10-5-4-9-16(17)18(24)21-15-8-6-7-14(11-15)13(3)23/h4-12H,1-3H3,(H,21,24)(H2,20,22,25). The molecule has 0 aliphatic rings. The van der Waals surface area contributed by atoms with Crippen LogP contribution in [0.2, 0.25) is 0 Å². The zero-order valence-corrected chi connectivity index (χ0v) is 14.4. The maximum atomic E-state index is 12.6. The van der Waals surface area contributed by atoms with Crippen molar-refractivity contribution in [2.45, 2.75) is 26.8 Å². The summed E-state index contributed by atoms with van der Waals surface area (Å²) in [7, 11) is 0. The second kappa shape index (κ2) is 8.10. The average Bonchev–Trinajstić information content (AvgIpc) is 2.54. The van der Waals surface area contributed by atoms with Gasteiger partial charge >= 0.3 is 6.03 Å². The summed E-state index contributed by atoms with van der Waals surface area (Å²) < 4.78 is 0. The Balaban J connectivity index is 2.18. The highest BCUT2D eigenvalue weighted by molar-refractivity contribution is 6.10. The first-order valence-electron chi connectivity index (χ1n) is 7.95. The first-order valence-corrected chi connectivity index (χ1v) is 7.95. The lowest BCUT2D eigenvalue weighted by Gasteiger charge is -2.13. The van der Waals surface area contributed by atoms with E-state index in [1.165, 1.54) is 6.92 Å². The van der Waals surface area contributed by atoms with Gasteiger partial charge in [0.25, 0.3) is 5.91 Å². The Labute approximate surface area is 146 Å². The molecule has 0 radical (unpaired) electrons. The van der Waals surface area contributed by atoms with Crippen molar-refractivity contribution in [2.75, 3.05) is 10.6 Å². The van der Waals surface area contributed by atoms with Gasteiger partial charge in [-0.1, -0.05) is 24.3 Å². The molecular weight excluding hydrogens is 318 g/mol. The van der Waals surface area contributed by atoms with Gasteiger partial charge < -0.3 is 16.0 Å². The summed E-state index contributed by atoms with van der Waals surface area (Å²) in [4.78, 5) is 35.9. The number of hydrogen-bond acceptors (Lipinski definition) is 3. The van der Waals surface area contributed by atoms with Crippen LogP contribution < -0.4 is 16.0 Å². The van der Waals surface area contributed by atoms with E-state index < -0.39 is 0 Å². The van der Waals surface area contributed by atoms with Gasteiger partial charge in [0.15, 0.2) is 5.78 Å². The maximum Gasteiger partial charge on any atom is 0.319 e. The molecule has 3 amide bonds. The summed E-state index contributed by atoms with van der Waals surface area (Å²) in [6.07, 6.45) is 0. The molecule has 0 aromatic heterocycles. The number of ketones is 1. The van der Waals surface area contributed by atoms with Crippen molar-refractivity contribution in [1.82, 2.24) is 5.32 Å². The zero-order valence-electron chi connectivity index (χ0n) is 14.4. The zero-order chi connectivity index (χ0) is 18.4. The van der Waals surface area contributed by atoms with Gasteiger partial charge in [-0.3, -0.25) is 9.59 Å². The molecular formula is C19H21N3O3. The van der Waals surface area contributed by atoms with E-state index in [2.05, 4.69) is 16.0 Å². The monoisotopic (exact) mass is 339 g/mol. The molecule has 6 heteroatoms. The predicted molar refractivity (Wildman–Crippen MR) is 98.1 cm³/mol. The Hall–Kier alpha value is -3.15. The molecule has 2 rings (SSSR count). The first kappa shape index (κ1) is 18.2. The van der Waals surface area contributed by atoms with Crippen molar-refractivity contribution in [3.8, 4) is 0 Å². The molecule has 0 saturated carbocycles.